The van der Waals surface area contributed by atoms with Gasteiger partial charge in [-0.15, -0.1) is 0 Å². The summed E-state index contributed by atoms with van der Waals surface area (Å²) >= 11 is 0. The molecule has 29 heavy (non-hydrogen) atoms. The summed E-state index contributed by atoms with van der Waals surface area (Å²) in [6.07, 6.45) is 3.04. The maximum absolute atomic E-state index is 13.1. The van der Waals surface area contributed by atoms with Crippen LogP contribution in [-0.2, 0) is 9.59 Å². The molecule has 1 heterocycles. The van der Waals surface area contributed by atoms with Crippen molar-refractivity contribution in [1.29, 1.82) is 0 Å². The minimum absolute atomic E-state index is 0.247. The molecule has 6 nitrogen and oxygen atoms in total. The Morgan fingerprint density at radius 2 is 1.72 bits per heavy atom. The van der Waals surface area contributed by atoms with Gasteiger partial charge in [0.05, 0.1) is 0 Å². The zero-order chi connectivity index (χ0) is 20.5. The van der Waals surface area contributed by atoms with E-state index in [9.17, 15) is 14.0 Å². The van der Waals surface area contributed by atoms with Gasteiger partial charge >= 0.3 is 0 Å². The lowest BCUT2D eigenvalue weighted by Crippen LogP contribution is -2.48. The van der Waals surface area contributed by atoms with Gasteiger partial charge in [0.2, 0.25) is 5.91 Å². The van der Waals surface area contributed by atoms with Gasteiger partial charge in [-0.25, -0.2) is 4.39 Å². The Bertz CT molecular complexity index is 849. The maximum Gasteiger partial charge on any atom is 0.262 e. The van der Waals surface area contributed by atoms with Crippen LogP contribution >= 0.6 is 0 Å². The van der Waals surface area contributed by atoms with Gasteiger partial charge < -0.3 is 4.90 Å². The number of nitrogens with zero attached hydrogens (tertiary/aromatic N) is 2. The lowest BCUT2D eigenvalue weighted by Gasteiger charge is -2.36. The van der Waals surface area contributed by atoms with Gasteiger partial charge in [0, 0.05) is 50.9 Å². The number of hydrogen-bond donors (Lipinski definition) is 2. The highest BCUT2D eigenvalue weighted by molar-refractivity contribution is 5.93. The summed E-state index contributed by atoms with van der Waals surface area (Å²) in [6.45, 7) is 4.28. The third kappa shape index (κ3) is 6.73. The summed E-state index contributed by atoms with van der Waals surface area (Å²) in [5.74, 6) is -1.09. The molecule has 0 atom stereocenters. The van der Waals surface area contributed by atoms with Crippen molar-refractivity contribution in [1.82, 2.24) is 15.8 Å². The molecule has 2 amide bonds. The van der Waals surface area contributed by atoms with E-state index in [0.717, 1.165) is 26.2 Å². The highest BCUT2D eigenvalue weighted by Gasteiger charge is 2.17. The SMILES string of the molecule is O=C(/C=C/c1cccc(F)c1)NNC(=O)CCN1CCN(c2ccccc2)CC1. The molecule has 7 heteroatoms. The van der Waals surface area contributed by atoms with Crippen molar-refractivity contribution in [2.24, 2.45) is 0 Å². The first kappa shape index (κ1) is 20.5. The third-order valence-electron chi connectivity index (χ3n) is 4.75. The van der Waals surface area contributed by atoms with Crippen LogP contribution in [0.3, 0.4) is 0 Å². The smallest absolute Gasteiger partial charge is 0.262 e. The molecule has 2 aromatic rings. The molecule has 1 fully saturated rings. The monoisotopic (exact) mass is 396 g/mol. The van der Waals surface area contributed by atoms with E-state index in [2.05, 4.69) is 32.8 Å². The molecule has 0 radical (unpaired) electrons. The van der Waals surface area contributed by atoms with Gasteiger partial charge in [0.1, 0.15) is 5.82 Å². The van der Waals surface area contributed by atoms with Gasteiger partial charge in [0.25, 0.3) is 5.91 Å². The van der Waals surface area contributed by atoms with E-state index in [4.69, 9.17) is 0 Å². The van der Waals surface area contributed by atoms with Crippen LogP contribution in [0.4, 0.5) is 10.1 Å². The molecule has 152 valence electrons. The van der Waals surface area contributed by atoms with E-state index in [0.29, 0.717) is 18.5 Å². The molecule has 2 aromatic carbocycles. The number of hydrazine groups is 1. The van der Waals surface area contributed by atoms with Gasteiger partial charge in [-0.05, 0) is 35.9 Å². The van der Waals surface area contributed by atoms with E-state index < -0.39 is 5.91 Å². The summed E-state index contributed by atoms with van der Waals surface area (Å²) in [5.41, 5.74) is 6.53. The molecular weight excluding hydrogens is 371 g/mol. The fourth-order valence-electron chi connectivity index (χ4n) is 3.15. The third-order valence-corrected chi connectivity index (χ3v) is 4.75. The molecule has 0 aliphatic carbocycles. The predicted molar refractivity (Wildman–Crippen MR) is 111 cm³/mol. The highest BCUT2D eigenvalue weighted by Crippen LogP contribution is 2.15. The van der Waals surface area contributed by atoms with E-state index in [1.54, 1.807) is 12.1 Å². The first-order valence-corrected chi connectivity index (χ1v) is 9.65. The second kappa shape index (κ2) is 10.4. The Morgan fingerprint density at radius 3 is 2.45 bits per heavy atom. The minimum Gasteiger partial charge on any atom is -0.369 e. The first-order chi connectivity index (χ1) is 14.1. The normalized spacial score (nSPS) is 14.7. The molecule has 1 saturated heterocycles. The van der Waals surface area contributed by atoms with E-state index in [-0.39, 0.29) is 11.7 Å². The number of amides is 2. The Morgan fingerprint density at radius 1 is 0.966 bits per heavy atom. The summed E-state index contributed by atoms with van der Waals surface area (Å²) in [6, 6.07) is 16.2. The van der Waals surface area contributed by atoms with Gasteiger partial charge in [-0.1, -0.05) is 30.3 Å². The van der Waals surface area contributed by atoms with Crippen LogP contribution in [0.2, 0.25) is 0 Å². The average Bonchev–Trinajstić information content (AvgIpc) is 2.76. The molecule has 0 unspecified atom stereocenters. The van der Waals surface area contributed by atoms with Crippen molar-refractivity contribution in [3.63, 3.8) is 0 Å². The largest absolute Gasteiger partial charge is 0.369 e. The summed E-state index contributed by atoms with van der Waals surface area (Å²) < 4.78 is 13.1. The number of hydrogen-bond acceptors (Lipinski definition) is 4. The van der Waals surface area contributed by atoms with Crippen molar-refractivity contribution in [2.75, 3.05) is 37.6 Å². The molecule has 0 saturated carbocycles. The second-order valence-electron chi connectivity index (χ2n) is 6.84. The van der Waals surface area contributed by atoms with Crippen molar-refractivity contribution < 1.29 is 14.0 Å². The van der Waals surface area contributed by atoms with Crippen LogP contribution in [0, 0.1) is 5.82 Å². The van der Waals surface area contributed by atoms with Crippen LogP contribution in [0.15, 0.2) is 60.7 Å². The summed E-state index contributed by atoms with van der Waals surface area (Å²) in [5, 5.41) is 0. The Balaban J connectivity index is 1.32. The molecule has 2 N–H and O–H groups in total. The zero-order valence-electron chi connectivity index (χ0n) is 16.2. The van der Waals surface area contributed by atoms with Crippen molar-refractivity contribution in [3.8, 4) is 0 Å². The first-order valence-electron chi connectivity index (χ1n) is 9.65. The molecular formula is C22H25FN4O2. The Hall–Kier alpha value is -3.19. The van der Waals surface area contributed by atoms with Crippen molar-refractivity contribution in [2.45, 2.75) is 6.42 Å². The van der Waals surface area contributed by atoms with E-state index >= 15 is 0 Å². The molecule has 1 aliphatic rings. The number of carbonyl (C=O) groups is 2. The minimum atomic E-state index is -0.473. The van der Waals surface area contributed by atoms with Crippen molar-refractivity contribution in [3.05, 3.63) is 72.1 Å². The number of rotatable bonds is 6. The second-order valence-corrected chi connectivity index (χ2v) is 6.84. The van der Waals surface area contributed by atoms with Gasteiger partial charge in [-0.2, -0.15) is 0 Å². The number of para-hydroxylation sites is 1. The van der Waals surface area contributed by atoms with Gasteiger partial charge in [0.15, 0.2) is 0 Å². The van der Waals surface area contributed by atoms with Crippen LogP contribution in [-0.4, -0.2) is 49.4 Å². The van der Waals surface area contributed by atoms with Crippen molar-refractivity contribution >= 4 is 23.6 Å². The topological polar surface area (TPSA) is 64.7 Å². The Kier molecular flexibility index (Phi) is 7.35. The highest BCUT2D eigenvalue weighted by atomic mass is 19.1. The molecule has 0 aromatic heterocycles. The van der Waals surface area contributed by atoms with E-state index in [1.807, 2.05) is 18.2 Å². The van der Waals surface area contributed by atoms with Gasteiger partial charge in [-0.3, -0.25) is 25.3 Å². The van der Waals surface area contributed by atoms with Crippen LogP contribution < -0.4 is 15.8 Å². The predicted octanol–water partition coefficient (Wildman–Crippen LogP) is 2.20. The van der Waals surface area contributed by atoms with Crippen LogP contribution in [0.1, 0.15) is 12.0 Å². The number of piperazine rings is 1. The number of halogens is 1. The lowest BCUT2D eigenvalue weighted by atomic mass is 10.2. The van der Waals surface area contributed by atoms with Crippen LogP contribution in [0.25, 0.3) is 6.08 Å². The quantitative estimate of drug-likeness (QED) is 0.580. The molecule has 1 aliphatic heterocycles. The molecule has 0 bridgehead atoms. The number of anilines is 1. The Labute approximate surface area is 170 Å². The zero-order valence-corrected chi connectivity index (χ0v) is 16.2. The lowest BCUT2D eigenvalue weighted by molar-refractivity contribution is -0.127. The number of nitrogens with one attached hydrogen (secondary N) is 2. The number of benzene rings is 2. The summed E-state index contributed by atoms with van der Waals surface area (Å²) in [7, 11) is 0. The fourth-order valence-corrected chi connectivity index (χ4v) is 3.15. The average molecular weight is 396 g/mol. The molecule has 3 rings (SSSR count). The van der Waals surface area contributed by atoms with E-state index in [1.165, 1.54) is 30.0 Å². The molecule has 0 spiro atoms. The summed E-state index contributed by atoms with van der Waals surface area (Å²) in [4.78, 5) is 28.3. The fraction of sp³-hybridized carbons (Fsp3) is 0.273. The standard InChI is InChI=1S/C22H25FN4O2/c23-19-6-4-5-18(17-19)9-10-21(28)24-25-22(29)11-12-26-13-15-27(16-14-26)20-7-2-1-3-8-20/h1-10,17H,11-16H2,(H,24,28)(H,25,29)/b10-9+. The number of carbonyl (C=O) groups excluding carboxylic acids is 2. The maximum atomic E-state index is 13.1. The van der Waals surface area contributed by atoms with Crippen LogP contribution in [0.5, 0.6) is 0 Å².